The Labute approximate surface area is 83.0 Å². The van der Waals surface area contributed by atoms with Crippen molar-refractivity contribution in [3.8, 4) is 5.88 Å². The molecule has 2 rings (SSSR count). The smallest absolute Gasteiger partial charge is 0.208 e. The summed E-state index contributed by atoms with van der Waals surface area (Å²) < 4.78 is 0.537. The third kappa shape index (κ3) is 1.73. The number of aromatic hydroxyl groups is 1. The minimum atomic E-state index is 0.0693. The third-order valence-electron chi connectivity index (χ3n) is 1.40. The van der Waals surface area contributed by atoms with Crippen molar-refractivity contribution >= 4 is 42.1 Å². The summed E-state index contributed by atoms with van der Waals surface area (Å²) in [6.45, 7) is 0. The molecule has 1 aliphatic heterocycles. The van der Waals surface area contributed by atoms with Crippen LogP contribution in [0.3, 0.4) is 0 Å². The molecule has 6 heteroatoms. The summed E-state index contributed by atoms with van der Waals surface area (Å²) in [4.78, 5) is 11.2. The summed E-state index contributed by atoms with van der Waals surface area (Å²) in [5, 5.41) is 9.33. The van der Waals surface area contributed by atoms with Crippen molar-refractivity contribution in [2.75, 3.05) is 0 Å². The van der Waals surface area contributed by atoms with Gasteiger partial charge in [-0.2, -0.15) is 0 Å². The minimum absolute atomic E-state index is 0.0693. The highest BCUT2D eigenvalue weighted by Crippen LogP contribution is 2.24. The van der Waals surface area contributed by atoms with Gasteiger partial charge < -0.3 is 10.1 Å². The molecular formula is C7H5N3OS2. The highest BCUT2D eigenvalue weighted by Gasteiger charge is 2.03. The largest absolute Gasteiger partial charge is 0.494 e. The van der Waals surface area contributed by atoms with Gasteiger partial charge in [0.25, 0.3) is 0 Å². The molecule has 2 N–H and O–H groups in total. The van der Waals surface area contributed by atoms with Crippen molar-refractivity contribution < 1.29 is 5.11 Å². The molecule has 13 heavy (non-hydrogen) atoms. The maximum absolute atomic E-state index is 9.33. The van der Waals surface area contributed by atoms with Gasteiger partial charge in [-0.25, -0.2) is 9.98 Å². The quantitative estimate of drug-likeness (QED) is 0.697. The first-order chi connectivity index (χ1) is 6.25. The van der Waals surface area contributed by atoms with E-state index in [1.807, 2.05) is 0 Å². The lowest BCUT2D eigenvalue weighted by Gasteiger charge is -1.88. The molecule has 0 spiro atoms. The van der Waals surface area contributed by atoms with Gasteiger partial charge in [0.1, 0.15) is 0 Å². The normalized spacial score (nSPS) is 14.0. The topological polar surface area (TPSA) is 60.7 Å². The molecule has 66 valence electrons. The average molecular weight is 211 g/mol. The molecule has 0 atom stereocenters. The lowest BCUT2D eigenvalue weighted by Crippen LogP contribution is -1.68. The zero-order valence-electron chi connectivity index (χ0n) is 6.39. The first kappa shape index (κ1) is 8.33. The van der Waals surface area contributed by atoms with E-state index in [0.717, 1.165) is 0 Å². The van der Waals surface area contributed by atoms with Gasteiger partial charge in [-0.05, 0) is 12.2 Å². The second-order valence-corrected chi connectivity index (χ2v) is 4.01. The monoisotopic (exact) mass is 211 g/mol. The number of aromatic amines is 1. The number of aliphatic imine (C=N–C) groups is 2. The van der Waals surface area contributed by atoms with Gasteiger partial charge in [0, 0.05) is 18.5 Å². The number of nitrogens with one attached hydrogen (secondary N) is 1. The SMILES string of the molecule is Oc1[nH]c(=S)sc1C=C1N=CC=N1. The number of nitrogens with zero attached hydrogens (tertiary/aromatic N) is 2. The van der Waals surface area contributed by atoms with E-state index < -0.39 is 0 Å². The number of hydrogen-bond donors (Lipinski definition) is 2. The fourth-order valence-electron chi connectivity index (χ4n) is 0.874. The lowest BCUT2D eigenvalue weighted by molar-refractivity contribution is 0.455. The zero-order valence-corrected chi connectivity index (χ0v) is 8.02. The maximum Gasteiger partial charge on any atom is 0.208 e. The minimum Gasteiger partial charge on any atom is -0.494 e. The van der Waals surface area contributed by atoms with E-state index in [0.29, 0.717) is 14.7 Å². The van der Waals surface area contributed by atoms with Crippen molar-refractivity contribution in [1.29, 1.82) is 0 Å². The molecule has 0 radical (unpaired) electrons. The van der Waals surface area contributed by atoms with E-state index in [9.17, 15) is 5.11 Å². The number of thiazole rings is 1. The standard InChI is InChI=1S/C7H5N3OS2/c11-6-4(13-7(12)10-6)3-5-8-1-2-9-5/h1-3,11H,(H,10,12). The maximum atomic E-state index is 9.33. The average Bonchev–Trinajstić information content (AvgIpc) is 2.63. The first-order valence-electron chi connectivity index (χ1n) is 3.46. The number of aromatic nitrogens is 1. The van der Waals surface area contributed by atoms with Crippen molar-refractivity contribution in [3.63, 3.8) is 0 Å². The zero-order chi connectivity index (χ0) is 9.26. The first-order valence-corrected chi connectivity index (χ1v) is 4.69. The summed E-state index contributed by atoms with van der Waals surface area (Å²) in [5.74, 6) is 0.639. The number of hydrogen-bond acceptors (Lipinski definition) is 5. The molecule has 4 nitrogen and oxygen atoms in total. The molecule has 0 unspecified atom stereocenters. The van der Waals surface area contributed by atoms with Crippen LogP contribution in [0.4, 0.5) is 0 Å². The van der Waals surface area contributed by atoms with Gasteiger partial charge >= 0.3 is 0 Å². The van der Waals surface area contributed by atoms with Crippen molar-refractivity contribution in [3.05, 3.63) is 14.7 Å². The molecule has 1 aromatic heterocycles. The molecule has 0 bridgehead atoms. The van der Waals surface area contributed by atoms with Crippen LogP contribution in [0.15, 0.2) is 15.8 Å². The van der Waals surface area contributed by atoms with Crippen LogP contribution in [-0.4, -0.2) is 22.5 Å². The molecule has 0 fully saturated rings. The molecular weight excluding hydrogens is 206 g/mol. The molecule has 0 aliphatic carbocycles. The second-order valence-electron chi connectivity index (χ2n) is 2.29. The van der Waals surface area contributed by atoms with E-state index in [-0.39, 0.29) is 5.88 Å². The van der Waals surface area contributed by atoms with Gasteiger partial charge in [0.15, 0.2) is 9.78 Å². The Hall–Kier alpha value is -1.27. The van der Waals surface area contributed by atoms with E-state index in [1.54, 1.807) is 18.5 Å². The van der Waals surface area contributed by atoms with E-state index in [4.69, 9.17) is 12.2 Å². The van der Waals surface area contributed by atoms with Gasteiger partial charge in [-0.3, -0.25) is 0 Å². The van der Waals surface area contributed by atoms with E-state index in [2.05, 4.69) is 15.0 Å². The Morgan fingerprint density at radius 2 is 2.15 bits per heavy atom. The molecule has 0 saturated carbocycles. The van der Waals surface area contributed by atoms with Crippen molar-refractivity contribution in [1.82, 2.24) is 4.98 Å². The molecule has 0 saturated heterocycles. The van der Waals surface area contributed by atoms with Crippen LogP contribution in [0.1, 0.15) is 4.88 Å². The predicted octanol–water partition coefficient (Wildman–Crippen LogP) is 1.96. The Kier molecular flexibility index (Phi) is 2.07. The Balaban J connectivity index is 2.42. The van der Waals surface area contributed by atoms with Gasteiger partial charge in [-0.1, -0.05) is 0 Å². The summed E-state index contributed by atoms with van der Waals surface area (Å²) in [5.41, 5.74) is 0. The number of rotatable bonds is 1. The molecule has 2 heterocycles. The van der Waals surface area contributed by atoms with Crippen LogP contribution < -0.4 is 0 Å². The molecule has 1 aromatic rings. The van der Waals surface area contributed by atoms with Gasteiger partial charge in [0.05, 0.1) is 4.88 Å². The molecule has 0 aromatic carbocycles. The molecule has 0 amide bonds. The van der Waals surface area contributed by atoms with Crippen LogP contribution in [0, 0.1) is 3.95 Å². The third-order valence-corrected chi connectivity index (χ3v) is 2.57. The lowest BCUT2D eigenvalue weighted by atomic mass is 10.5. The van der Waals surface area contributed by atoms with E-state index in [1.165, 1.54) is 11.3 Å². The Morgan fingerprint density at radius 1 is 1.46 bits per heavy atom. The van der Waals surface area contributed by atoms with E-state index >= 15 is 0 Å². The fraction of sp³-hybridized carbons (Fsp3) is 0. The summed E-state index contributed by atoms with van der Waals surface area (Å²) in [7, 11) is 0. The van der Waals surface area contributed by atoms with Gasteiger partial charge in [0.2, 0.25) is 5.88 Å². The van der Waals surface area contributed by atoms with Crippen LogP contribution in [0.25, 0.3) is 6.08 Å². The summed E-state index contributed by atoms with van der Waals surface area (Å²) >= 11 is 6.14. The van der Waals surface area contributed by atoms with Crippen molar-refractivity contribution in [2.45, 2.75) is 0 Å². The Bertz CT molecular complexity index is 452. The Morgan fingerprint density at radius 3 is 2.69 bits per heavy atom. The second kappa shape index (κ2) is 3.23. The van der Waals surface area contributed by atoms with Crippen LogP contribution >= 0.6 is 23.6 Å². The van der Waals surface area contributed by atoms with Crippen molar-refractivity contribution in [2.24, 2.45) is 9.98 Å². The highest BCUT2D eigenvalue weighted by molar-refractivity contribution is 7.73. The summed E-state index contributed by atoms with van der Waals surface area (Å²) in [6.07, 6.45) is 4.86. The fourth-order valence-corrected chi connectivity index (χ4v) is 1.90. The van der Waals surface area contributed by atoms with Gasteiger partial charge in [-0.15, -0.1) is 11.3 Å². The van der Waals surface area contributed by atoms with Crippen LogP contribution in [0.5, 0.6) is 5.88 Å². The summed E-state index contributed by atoms with van der Waals surface area (Å²) in [6, 6.07) is 0. The van der Waals surface area contributed by atoms with Crippen LogP contribution in [-0.2, 0) is 0 Å². The molecule has 1 aliphatic rings. The predicted molar refractivity (Wildman–Crippen MR) is 56.1 cm³/mol. The number of H-pyrrole nitrogens is 1. The van der Waals surface area contributed by atoms with Crippen LogP contribution in [0.2, 0.25) is 0 Å². The highest BCUT2D eigenvalue weighted by atomic mass is 32.1.